The molecule has 1 aromatic rings. The number of nitrogens with one attached hydrogen (secondary N) is 2. The fraction of sp³-hybridized carbons (Fsp3) is 0.571. The van der Waals surface area contributed by atoms with Crippen LogP contribution in [0.5, 0.6) is 0 Å². The fourth-order valence-electron chi connectivity index (χ4n) is 1.87. The highest BCUT2D eigenvalue weighted by Crippen LogP contribution is 2.03. The average molecular weight is 318 g/mol. The van der Waals surface area contributed by atoms with Crippen LogP contribution in [-0.2, 0) is 4.79 Å². The van der Waals surface area contributed by atoms with Crippen LogP contribution in [0.4, 0.5) is 0 Å². The first kappa shape index (κ1) is 19.5. The lowest BCUT2D eigenvalue weighted by Crippen LogP contribution is -2.42. The molecule has 0 radical (unpaired) electrons. The molecule has 0 spiro atoms. The molecule has 1 rings (SSSR count). The van der Waals surface area contributed by atoms with Gasteiger partial charge in [0.05, 0.1) is 6.26 Å². The van der Waals surface area contributed by atoms with Gasteiger partial charge in [-0.15, -0.1) is 12.4 Å². The fourth-order valence-corrected chi connectivity index (χ4v) is 1.87. The molecule has 6 nitrogen and oxygen atoms in total. The van der Waals surface area contributed by atoms with Crippen molar-refractivity contribution in [2.24, 2.45) is 11.7 Å². The first-order valence-corrected chi connectivity index (χ1v) is 6.84. The van der Waals surface area contributed by atoms with E-state index in [1.807, 2.05) is 0 Å². The highest BCUT2D eigenvalue weighted by atomic mass is 35.5. The van der Waals surface area contributed by atoms with Crippen LogP contribution >= 0.6 is 12.4 Å². The van der Waals surface area contributed by atoms with Crippen molar-refractivity contribution in [3.05, 3.63) is 24.2 Å². The molecule has 0 aliphatic carbocycles. The third-order valence-electron chi connectivity index (χ3n) is 2.79. The molecule has 1 heterocycles. The Bertz CT molecular complexity index is 421. The monoisotopic (exact) mass is 317 g/mol. The van der Waals surface area contributed by atoms with Crippen molar-refractivity contribution < 1.29 is 14.0 Å². The largest absolute Gasteiger partial charge is 0.459 e. The van der Waals surface area contributed by atoms with Crippen LogP contribution < -0.4 is 16.4 Å². The van der Waals surface area contributed by atoms with E-state index in [1.54, 1.807) is 12.1 Å². The number of rotatable bonds is 8. The molecular weight excluding hydrogens is 294 g/mol. The van der Waals surface area contributed by atoms with E-state index in [-0.39, 0.29) is 49.0 Å². The summed E-state index contributed by atoms with van der Waals surface area (Å²) < 4.78 is 4.95. The number of amides is 2. The highest BCUT2D eigenvalue weighted by Gasteiger charge is 2.13. The Hall–Kier alpha value is -1.53. The van der Waals surface area contributed by atoms with E-state index in [4.69, 9.17) is 10.2 Å². The van der Waals surface area contributed by atoms with Gasteiger partial charge in [-0.3, -0.25) is 9.59 Å². The minimum absolute atomic E-state index is 0. The molecule has 0 saturated heterocycles. The summed E-state index contributed by atoms with van der Waals surface area (Å²) in [5.74, 6) is 0.286. The SMILES string of the molecule is CC(C)CC(CN)NC(=O)CCNC(=O)c1ccco1.Cl. The van der Waals surface area contributed by atoms with E-state index in [9.17, 15) is 9.59 Å². The zero-order valence-corrected chi connectivity index (χ0v) is 13.2. The number of carbonyl (C=O) groups excluding carboxylic acids is 2. The van der Waals surface area contributed by atoms with Crippen LogP contribution in [0.15, 0.2) is 22.8 Å². The number of furan rings is 1. The van der Waals surface area contributed by atoms with Gasteiger partial charge >= 0.3 is 0 Å². The van der Waals surface area contributed by atoms with E-state index in [2.05, 4.69) is 24.5 Å². The lowest BCUT2D eigenvalue weighted by molar-refractivity contribution is -0.121. The van der Waals surface area contributed by atoms with Gasteiger partial charge in [-0.2, -0.15) is 0 Å². The molecule has 0 saturated carbocycles. The second-order valence-electron chi connectivity index (χ2n) is 5.11. The number of nitrogens with two attached hydrogens (primary N) is 1. The van der Waals surface area contributed by atoms with Gasteiger partial charge in [0.15, 0.2) is 5.76 Å². The second-order valence-corrected chi connectivity index (χ2v) is 5.11. The topological polar surface area (TPSA) is 97.4 Å². The Labute approximate surface area is 131 Å². The zero-order chi connectivity index (χ0) is 15.0. The van der Waals surface area contributed by atoms with Crippen LogP contribution in [0.2, 0.25) is 0 Å². The van der Waals surface area contributed by atoms with Gasteiger partial charge in [-0.25, -0.2) is 0 Å². The van der Waals surface area contributed by atoms with Crippen molar-refractivity contribution in [3.8, 4) is 0 Å². The quantitative estimate of drug-likeness (QED) is 0.673. The summed E-state index contributed by atoms with van der Waals surface area (Å²) in [6.07, 6.45) is 2.50. The van der Waals surface area contributed by atoms with Crippen molar-refractivity contribution in [2.45, 2.75) is 32.7 Å². The molecule has 21 heavy (non-hydrogen) atoms. The van der Waals surface area contributed by atoms with Crippen LogP contribution in [0.3, 0.4) is 0 Å². The maximum absolute atomic E-state index is 11.7. The average Bonchev–Trinajstić information content (AvgIpc) is 2.91. The molecule has 2 amide bonds. The molecule has 1 unspecified atom stereocenters. The predicted molar refractivity (Wildman–Crippen MR) is 83.3 cm³/mol. The van der Waals surface area contributed by atoms with Gasteiger partial charge in [-0.05, 0) is 24.5 Å². The molecule has 0 fully saturated rings. The third kappa shape index (κ3) is 7.72. The summed E-state index contributed by atoms with van der Waals surface area (Å²) >= 11 is 0. The van der Waals surface area contributed by atoms with Crippen molar-refractivity contribution in [3.63, 3.8) is 0 Å². The molecule has 0 aliphatic heterocycles. The second kappa shape index (κ2) is 10.2. The Kier molecular flexibility index (Phi) is 9.49. The van der Waals surface area contributed by atoms with E-state index in [0.29, 0.717) is 12.5 Å². The highest BCUT2D eigenvalue weighted by molar-refractivity contribution is 5.91. The minimum atomic E-state index is -0.319. The molecule has 1 atom stereocenters. The molecule has 0 aromatic carbocycles. The molecule has 1 aromatic heterocycles. The maximum Gasteiger partial charge on any atom is 0.286 e. The number of halogens is 1. The van der Waals surface area contributed by atoms with Gasteiger partial charge in [0.2, 0.25) is 5.91 Å². The summed E-state index contributed by atoms with van der Waals surface area (Å²) in [5.41, 5.74) is 5.61. The maximum atomic E-state index is 11.7. The molecular formula is C14H24ClN3O3. The van der Waals surface area contributed by atoms with Crippen molar-refractivity contribution in [2.75, 3.05) is 13.1 Å². The van der Waals surface area contributed by atoms with E-state index >= 15 is 0 Å². The summed E-state index contributed by atoms with van der Waals surface area (Å²) in [7, 11) is 0. The van der Waals surface area contributed by atoms with Crippen LogP contribution in [0.25, 0.3) is 0 Å². The predicted octanol–water partition coefficient (Wildman–Crippen LogP) is 1.31. The van der Waals surface area contributed by atoms with Gasteiger partial charge in [-0.1, -0.05) is 13.8 Å². The lowest BCUT2D eigenvalue weighted by Gasteiger charge is -2.18. The summed E-state index contributed by atoms with van der Waals surface area (Å²) in [4.78, 5) is 23.3. The first-order valence-electron chi connectivity index (χ1n) is 6.84. The molecule has 120 valence electrons. The third-order valence-corrected chi connectivity index (χ3v) is 2.79. The van der Waals surface area contributed by atoms with Crippen molar-refractivity contribution >= 4 is 24.2 Å². The zero-order valence-electron chi connectivity index (χ0n) is 12.4. The standard InChI is InChI=1S/C14H23N3O3.ClH/c1-10(2)8-11(9-15)17-13(18)5-6-16-14(19)12-4-3-7-20-12;/h3-4,7,10-11H,5-6,8-9,15H2,1-2H3,(H,16,19)(H,17,18);1H. The number of carbonyl (C=O) groups is 2. The normalized spacial score (nSPS) is 11.6. The Morgan fingerprint density at radius 2 is 2.10 bits per heavy atom. The molecule has 7 heteroatoms. The van der Waals surface area contributed by atoms with E-state index in [1.165, 1.54) is 6.26 Å². The smallest absolute Gasteiger partial charge is 0.286 e. The van der Waals surface area contributed by atoms with Crippen LogP contribution in [0.1, 0.15) is 37.2 Å². The summed E-state index contributed by atoms with van der Waals surface area (Å²) in [5, 5.41) is 5.49. The number of hydrogen-bond acceptors (Lipinski definition) is 4. The first-order chi connectivity index (χ1) is 9.52. The molecule has 0 aliphatic rings. The Balaban J connectivity index is 0.00000400. The van der Waals surface area contributed by atoms with Crippen LogP contribution in [0, 0.1) is 5.92 Å². The Morgan fingerprint density at radius 3 is 2.62 bits per heavy atom. The summed E-state index contributed by atoms with van der Waals surface area (Å²) in [6, 6.07) is 3.20. The van der Waals surface area contributed by atoms with Gasteiger partial charge in [0, 0.05) is 25.6 Å². The van der Waals surface area contributed by atoms with Crippen LogP contribution in [-0.4, -0.2) is 30.9 Å². The lowest BCUT2D eigenvalue weighted by atomic mass is 10.0. The van der Waals surface area contributed by atoms with E-state index < -0.39 is 0 Å². The molecule has 4 N–H and O–H groups in total. The van der Waals surface area contributed by atoms with Crippen molar-refractivity contribution in [1.82, 2.24) is 10.6 Å². The minimum Gasteiger partial charge on any atom is -0.459 e. The van der Waals surface area contributed by atoms with Gasteiger partial charge < -0.3 is 20.8 Å². The molecule has 0 bridgehead atoms. The van der Waals surface area contributed by atoms with Crippen molar-refractivity contribution in [1.29, 1.82) is 0 Å². The van der Waals surface area contributed by atoms with E-state index in [0.717, 1.165) is 6.42 Å². The number of hydrogen-bond donors (Lipinski definition) is 3. The van der Waals surface area contributed by atoms with Gasteiger partial charge in [0.1, 0.15) is 0 Å². The Morgan fingerprint density at radius 1 is 1.38 bits per heavy atom. The summed E-state index contributed by atoms with van der Waals surface area (Å²) in [6.45, 7) is 4.85. The van der Waals surface area contributed by atoms with Gasteiger partial charge in [0.25, 0.3) is 5.91 Å².